The maximum atomic E-state index is 5.80. The van der Waals surface area contributed by atoms with Crippen LogP contribution in [-0.2, 0) is 4.74 Å². The molecule has 84 valence electrons. The van der Waals surface area contributed by atoms with Crippen LogP contribution in [0.2, 0.25) is 0 Å². The summed E-state index contributed by atoms with van der Waals surface area (Å²) in [6.45, 7) is 10.2. The van der Waals surface area contributed by atoms with Gasteiger partial charge in [-0.05, 0) is 25.2 Å². The Balaban J connectivity index is 2.32. The van der Waals surface area contributed by atoms with E-state index in [1.807, 2.05) is 0 Å². The zero-order valence-electron chi connectivity index (χ0n) is 9.68. The van der Waals surface area contributed by atoms with E-state index in [4.69, 9.17) is 10.5 Å². The van der Waals surface area contributed by atoms with Crippen molar-refractivity contribution in [2.24, 2.45) is 17.6 Å². The highest BCUT2D eigenvalue weighted by atomic mass is 16.5. The van der Waals surface area contributed by atoms with Crippen LogP contribution in [-0.4, -0.2) is 31.8 Å². The first-order valence-electron chi connectivity index (χ1n) is 5.61. The van der Waals surface area contributed by atoms with Crippen LogP contribution >= 0.6 is 0 Å². The van der Waals surface area contributed by atoms with Gasteiger partial charge in [-0.3, -0.25) is 0 Å². The fraction of sp³-hybridized carbons (Fsp3) is 1.00. The molecule has 0 saturated carbocycles. The Morgan fingerprint density at radius 2 is 2.29 bits per heavy atom. The lowest BCUT2D eigenvalue weighted by Crippen LogP contribution is -2.54. The predicted molar refractivity (Wildman–Crippen MR) is 59.2 cm³/mol. The van der Waals surface area contributed by atoms with E-state index in [0.717, 1.165) is 19.8 Å². The van der Waals surface area contributed by atoms with E-state index in [2.05, 4.69) is 26.1 Å². The molecular weight excluding hydrogens is 176 g/mol. The van der Waals surface area contributed by atoms with Crippen LogP contribution in [0.1, 0.15) is 27.2 Å². The molecule has 0 amide bonds. The van der Waals surface area contributed by atoms with Gasteiger partial charge in [-0.1, -0.05) is 13.8 Å². The lowest BCUT2D eigenvalue weighted by Gasteiger charge is -2.34. The number of rotatable bonds is 5. The SMILES string of the molecule is CC(C)C(C)(CN)NCC1CCOC1. The van der Waals surface area contributed by atoms with Crippen LogP contribution in [0.5, 0.6) is 0 Å². The zero-order chi connectivity index (χ0) is 10.6. The van der Waals surface area contributed by atoms with Crippen molar-refractivity contribution in [3.8, 4) is 0 Å². The highest BCUT2D eigenvalue weighted by Crippen LogP contribution is 2.17. The summed E-state index contributed by atoms with van der Waals surface area (Å²) in [5, 5.41) is 3.58. The molecule has 1 fully saturated rings. The normalized spacial score (nSPS) is 26.8. The van der Waals surface area contributed by atoms with Crippen LogP contribution < -0.4 is 11.1 Å². The van der Waals surface area contributed by atoms with E-state index in [9.17, 15) is 0 Å². The Labute approximate surface area is 87.4 Å². The molecule has 1 aliphatic heterocycles. The molecule has 0 aliphatic carbocycles. The van der Waals surface area contributed by atoms with Crippen LogP contribution in [0.25, 0.3) is 0 Å². The third kappa shape index (κ3) is 2.94. The Morgan fingerprint density at radius 1 is 1.57 bits per heavy atom. The van der Waals surface area contributed by atoms with E-state index in [1.165, 1.54) is 6.42 Å². The molecule has 2 unspecified atom stereocenters. The first kappa shape index (κ1) is 12.0. The first-order valence-corrected chi connectivity index (χ1v) is 5.61. The van der Waals surface area contributed by atoms with Crippen LogP contribution in [0.15, 0.2) is 0 Å². The topological polar surface area (TPSA) is 47.3 Å². The van der Waals surface area contributed by atoms with Gasteiger partial charge in [0.1, 0.15) is 0 Å². The Hall–Kier alpha value is -0.120. The van der Waals surface area contributed by atoms with Crippen LogP contribution in [0.4, 0.5) is 0 Å². The molecule has 0 aromatic rings. The van der Waals surface area contributed by atoms with E-state index in [0.29, 0.717) is 18.4 Å². The first-order chi connectivity index (χ1) is 6.58. The molecule has 1 heterocycles. The molecule has 2 atom stereocenters. The molecule has 1 rings (SSSR count). The minimum absolute atomic E-state index is 0.0720. The van der Waals surface area contributed by atoms with Gasteiger partial charge in [0.15, 0.2) is 0 Å². The number of nitrogens with two attached hydrogens (primary N) is 1. The molecule has 1 saturated heterocycles. The van der Waals surface area contributed by atoms with E-state index >= 15 is 0 Å². The summed E-state index contributed by atoms with van der Waals surface area (Å²) < 4.78 is 5.35. The van der Waals surface area contributed by atoms with Crippen molar-refractivity contribution < 1.29 is 4.74 Å². The molecule has 0 aromatic heterocycles. The molecule has 14 heavy (non-hydrogen) atoms. The molecule has 3 N–H and O–H groups in total. The Kier molecular flexibility index (Phi) is 4.35. The summed E-state index contributed by atoms with van der Waals surface area (Å²) in [5.41, 5.74) is 5.87. The quantitative estimate of drug-likeness (QED) is 0.695. The van der Waals surface area contributed by atoms with Crippen LogP contribution in [0, 0.1) is 11.8 Å². The van der Waals surface area contributed by atoms with Gasteiger partial charge in [-0.25, -0.2) is 0 Å². The average Bonchev–Trinajstić information content (AvgIpc) is 2.66. The maximum Gasteiger partial charge on any atom is 0.0507 e. The number of nitrogens with one attached hydrogen (secondary N) is 1. The summed E-state index contributed by atoms with van der Waals surface area (Å²) in [5.74, 6) is 1.24. The van der Waals surface area contributed by atoms with Gasteiger partial charge in [-0.15, -0.1) is 0 Å². The van der Waals surface area contributed by atoms with Gasteiger partial charge in [0.2, 0.25) is 0 Å². The second-order valence-corrected chi connectivity index (χ2v) is 4.89. The molecule has 3 heteroatoms. The highest BCUT2D eigenvalue weighted by molar-refractivity contribution is 4.88. The molecule has 0 aromatic carbocycles. The van der Waals surface area contributed by atoms with E-state index in [-0.39, 0.29) is 5.54 Å². The fourth-order valence-corrected chi connectivity index (χ4v) is 1.63. The molecule has 3 nitrogen and oxygen atoms in total. The lowest BCUT2D eigenvalue weighted by atomic mass is 9.88. The van der Waals surface area contributed by atoms with Crippen LogP contribution in [0.3, 0.4) is 0 Å². The largest absolute Gasteiger partial charge is 0.381 e. The fourth-order valence-electron chi connectivity index (χ4n) is 1.63. The van der Waals surface area contributed by atoms with Crippen molar-refractivity contribution in [3.63, 3.8) is 0 Å². The lowest BCUT2D eigenvalue weighted by molar-refractivity contribution is 0.179. The summed E-state index contributed by atoms with van der Waals surface area (Å²) in [6.07, 6.45) is 1.19. The number of ether oxygens (including phenoxy) is 1. The standard InChI is InChI=1S/C11H24N2O/c1-9(2)11(3,8-12)13-6-10-4-5-14-7-10/h9-10,13H,4-8,12H2,1-3H3. The number of hydrogen-bond donors (Lipinski definition) is 2. The predicted octanol–water partition coefficient (Wildman–Crippen LogP) is 0.986. The molecule has 0 bridgehead atoms. The minimum Gasteiger partial charge on any atom is -0.381 e. The second-order valence-electron chi connectivity index (χ2n) is 4.89. The van der Waals surface area contributed by atoms with Crippen molar-refractivity contribution >= 4 is 0 Å². The summed E-state index contributed by atoms with van der Waals surface area (Å²) in [4.78, 5) is 0. The summed E-state index contributed by atoms with van der Waals surface area (Å²) in [6, 6.07) is 0. The van der Waals surface area contributed by atoms with Crippen molar-refractivity contribution in [3.05, 3.63) is 0 Å². The molecule has 0 spiro atoms. The average molecular weight is 200 g/mol. The molecule has 1 aliphatic rings. The van der Waals surface area contributed by atoms with Gasteiger partial charge >= 0.3 is 0 Å². The smallest absolute Gasteiger partial charge is 0.0507 e. The van der Waals surface area contributed by atoms with Gasteiger partial charge < -0.3 is 15.8 Å². The van der Waals surface area contributed by atoms with Gasteiger partial charge in [0.05, 0.1) is 6.61 Å². The summed E-state index contributed by atoms with van der Waals surface area (Å²) in [7, 11) is 0. The third-order valence-electron chi connectivity index (χ3n) is 3.52. The Bertz CT molecular complexity index is 167. The highest BCUT2D eigenvalue weighted by Gasteiger charge is 2.27. The number of hydrogen-bond acceptors (Lipinski definition) is 3. The van der Waals surface area contributed by atoms with Crippen molar-refractivity contribution in [2.45, 2.75) is 32.7 Å². The van der Waals surface area contributed by atoms with Gasteiger partial charge in [-0.2, -0.15) is 0 Å². The molecule has 0 radical (unpaired) electrons. The maximum absolute atomic E-state index is 5.80. The molecular formula is C11H24N2O. The zero-order valence-corrected chi connectivity index (χ0v) is 9.68. The van der Waals surface area contributed by atoms with E-state index < -0.39 is 0 Å². The van der Waals surface area contributed by atoms with Crippen molar-refractivity contribution in [2.75, 3.05) is 26.3 Å². The summed E-state index contributed by atoms with van der Waals surface area (Å²) >= 11 is 0. The monoisotopic (exact) mass is 200 g/mol. The minimum atomic E-state index is 0.0720. The van der Waals surface area contributed by atoms with E-state index in [1.54, 1.807) is 0 Å². The third-order valence-corrected chi connectivity index (χ3v) is 3.52. The van der Waals surface area contributed by atoms with Gasteiger partial charge in [0.25, 0.3) is 0 Å². The second kappa shape index (κ2) is 5.10. The van der Waals surface area contributed by atoms with Gasteiger partial charge in [0, 0.05) is 25.2 Å². The van der Waals surface area contributed by atoms with Crippen molar-refractivity contribution in [1.29, 1.82) is 0 Å². The van der Waals surface area contributed by atoms with Crippen molar-refractivity contribution in [1.82, 2.24) is 5.32 Å². The Morgan fingerprint density at radius 3 is 2.71 bits per heavy atom.